The van der Waals surface area contributed by atoms with E-state index in [4.69, 9.17) is 15.2 Å². The first-order valence-corrected chi connectivity index (χ1v) is 12.5. The van der Waals surface area contributed by atoms with Crippen LogP contribution in [-0.2, 0) is 16.4 Å². The van der Waals surface area contributed by atoms with Crippen LogP contribution in [0, 0.1) is 0 Å². The SMILES string of the molecule is COc1ccc(C(Cc2ccccc2)N(c2ccc(N)c(C(C)O)c2O)S(C)(=O)=O)c(OC)c1. The molecule has 4 N–H and O–H groups in total. The van der Waals surface area contributed by atoms with Gasteiger partial charge in [0.25, 0.3) is 0 Å². The summed E-state index contributed by atoms with van der Waals surface area (Å²) in [7, 11) is -0.914. The van der Waals surface area contributed by atoms with Gasteiger partial charge in [0, 0.05) is 22.9 Å². The average Bonchev–Trinajstić information content (AvgIpc) is 2.79. The molecule has 0 aliphatic carbocycles. The monoisotopic (exact) mass is 486 g/mol. The van der Waals surface area contributed by atoms with E-state index in [1.807, 2.05) is 30.3 Å². The van der Waals surface area contributed by atoms with E-state index in [1.54, 1.807) is 18.2 Å². The molecule has 3 rings (SSSR count). The number of aromatic hydroxyl groups is 1. The molecule has 8 nitrogen and oxygen atoms in total. The third-order valence-electron chi connectivity index (χ3n) is 5.60. The number of methoxy groups -OCH3 is 2. The Morgan fingerprint density at radius 2 is 1.71 bits per heavy atom. The number of anilines is 2. The average molecular weight is 487 g/mol. The third-order valence-corrected chi connectivity index (χ3v) is 6.76. The lowest BCUT2D eigenvalue weighted by Crippen LogP contribution is -2.36. The normalized spacial score (nSPS) is 13.2. The fourth-order valence-corrected chi connectivity index (χ4v) is 5.21. The van der Waals surface area contributed by atoms with E-state index in [-0.39, 0.29) is 23.4 Å². The van der Waals surface area contributed by atoms with Crippen molar-refractivity contribution in [1.82, 2.24) is 0 Å². The molecule has 0 aromatic heterocycles. The van der Waals surface area contributed by atoms with E-state index in [1.165, 1.54) is 33.3 Å². The number of nitrogens with two attached hydrogens (primary N) is 1. The Labute approximate surface area is 200 Å². The second-order valence-corrected chi connectivity index (χ2v) is 9.84. The standard InChI is InChI=1S/C25H30N2O6S/c1-16(28)24-20(26)12-13-21(25(24)29)27(34(4,30)31)22(14-17-8-6-5-7-9-17)19-11-10-18(32-2)15-23(19)33-3/h5-13,15-16,22,28-29H,14,26H2,1-4H3. The number of ether oxygens (including phenoxy) is 2. The van der Waals surface area contributed by atoms with Crippen molar-refractivity contribution in [3.8, 4) is 17.2 Å². The molecule has 34 heavy (non-hydrogen) atoms. The zero-order chi connectivity index (χ0) is 25.0. The molecule has 0 bridgehead atoms. The van der Waals surface area contributed by atoms with E-state index < -0.39 is 27.9 Å². The highest BCUT2D eigenvalue weighted by Gasteiger charge is 2.34. The Bertz CT molecular complexity index is 1250. The molecular weight excluding hydrogens is 456 g/mol. The lowest BCUT2D eigenvalue weighted by atomic mass is 9.96. The molecule has 0 radical (unpaired) electrons. The molecule has 2 atom stereocenters. The number of sulfonamides is 1. The number of aliphatic hydroxyl groups excluding tert-OH is 1. The Hall–Kier alpha value is -3.43. The van der Waals surface area contributed by atoms with Gasteiger partial charge in [-0.25, -0.2) is 8.42 Å². The van der Waals surface area contributed by atoms with Gasteiger partial charge in [-0.3, -0.25) is 4.31 Å². The Balaban J connectivity index is 2.31. The van der Waals surface area contributed by atoms with Crippen molar-refractivity contribution in [2.75, 3.05) is 30.5 Å². The lowest BCUT2D eigenvalue weighted by molar-refractivity contribution is 0.196. The van der Waals surface area contributed by atoms with Crippen LogP contribution in [0.25, 0.3) is 0 Å². The summed E-state index contributed by atoms with van der Waals surface area (Å²) in [6.07, 6.45) is 0.243. The number of nitrogens with zero attached hydrogens (tertiary/aromatic N) is 1. The first-order chi connectivity index (χ1) is 16.1. The number of hydrogen-bond donors (Lipinski definition) is 3. The lowest BCUT2D eigenvalue weighted by Gasteiger charge is -2.34. The van der Waals surface area contributed by atoms with E-state index in [9.17, 15) is 18.6 Å². The number of phenols is 1. The molecule has 0 amide bonds. The summed E-state index contributed by atoms with van der Waals surface area (Å²) in [5, 5.41) is 21.2. The number of rotatable bonds is 9. The number of hydrogen-bond acceptors (Lipinski definition) is 7. The first kappa shape index (κ1) is 25.2. The maximum atomic E-state index is 13.2. The topological polar surface area (TPSA) is 122 Å². The van der Waals surface area contributed by atoms with Crippen molar-refractivity contribution in [2.45, 2.75) is 25.5 Å². The number of nitrogen functional groups attached to an aromatic ring is 1. The van der Waals surface area contributed by atoms with Gasteiger partial charge in [0.1, 0.15) is 17.2 Å². The van der Waals surface area contributed by atoms with E-state index in [0.29, 0.717) is 17.1 Å². The molecule has 9 heteroatoms. The van der Waals surface area contributed by atoms with Crippen LogP contribution in [0.15, 0.2) is 60.7 Å². The second-order valence-electron chi connectivity index (χ2n) is 7.98. The van der Waals surface area contributed by atoms with Crippen molar-refractivity contribution in [3.05, 3.63) is 77.4 Å². The summed E-state index contributed by atoms with van der Waals surface area (Å²) in [6, 6.07) is 16.7. The van der Waals surface area contributed by atoms with E-state index in [0.717, 1.165) is 16.1 Å². The predicted molar refractivity (Wildman–Crippen MR) is 133 cm³/mol. The van der Waals surface area contributed by atoms with Crippen LogP contribution < -0.4 is 19.5 Å². The first-order valence-electron chi connectivity index (χ1n) is 10.6. The second kappa shape index (κ2) is 10.2. The Kier molecular flexibility index (Phi) is 7.58. The Morgan fingerprint density at radius 1 is 1.03 bits per heavy atom. The van der Waals surface area contributed by atoms with Crippen LogP contribution >= 0.6 is 0 Å². The van der Waals surface area contributed by atoms with Gasteiger partial charge in [-0.1, -0.05) is 30.3 Å². The number of phenolic OH excluding ortho intramolecular Hbond substituents is 1. The fraction of sp³-hybridized carbons (Fsp3) is 0.280. The van der Waals surface area contributed by atoms with Crippen LogP contribution in [-0.4, -0.2) is 39.1 Å². The van der Waals surface area contributed by atoms with E-state index >= 15 is 0 Å². The highest BCUT2D eigenvalue weighted by Crippen LogP contribution is 2.45. The van der Waals surface area contributed by atoms with Crippen LogP contribution in [0.4, 0.5) is 11.4 Å². The Morgan fingerprint density at radius 3 is 2.26 bits per heavy atom. The van der Waals surface area contributed by atoms with Crippen LogP contribution in [0.1, 0.15) is 35.8 Å². The van der Waals surface area contributed by atoms with Gasteiger partial charge in [-0.15, -0.1) is 0 Å². The highest BCUT2D eigenvalue weighted by atomic mass is 32.2. The maximum absolute atomic E-state index is 13.2. The highest BCUT2D eigenvalue weighted by molar-refractivity contribution is 7.92. The number of aliphatic hydroxyl groups is 1. The van der Waals surface area contributed by atoms with Gasteiger partial charge in [0.05, 0.1) is 38.3 Å². The minimum atomic E-state index is -3.94. The van der Waals surface area contributed by atoms with Crippen LogP contribution in [0.5, 0.6) is 17.2 Å². The summed E-state index contributed by atoms with van der Waals surface area (Å²) >= 11 is 0. The molecule has 0 fully saturated rings. The summed E-state index contributed by atoms with van der Waals surface area (Å²) in [5.41, 5.74) is 7.65. The van der Waals surface area contributed by atoms with Gasteiger partial charge in [0.2, 0.25) is 10.0 Å². The van der Waals surface area contributed by atoms with Gasteiger partial charge < -0.3 is 25.4 Å². The molecular formula is C25H30N2O6S. The molecule has 0 aliphatic rings. The molecule has 3 aromatic rings. The zero-order valence-corrected chi connectivity index (χ0v) is 20.4. The van der Waals surface area contributed by atoms with Crippen molar-refractivity contribution < 1.29 is 28.1 Å². The van der Waals surface area contributed by atoms with Crippen LogP contribution in [0.3, 0.4) is 0 Å². The fourth-order valence-electron chi connectivity index (χ4n) is 4.06. The molecule has 182 valence electrons. The van der Waals surface area contributed by atoms with E-state index in [2.05, 4.69) is 0 Å². The summed E-state index contributed by atoms with van der Waals surface area (Å²) in [6.45, 7) is 1.45. The summed E-state index contributed by atoms with van der Waals surface area (Å²) in [5.74, 6) is 0.585. The third kappa shape index (κ3) is 5.21. The summed E-state index contributed by atoms with van der Waals surface area (Å²) < 4.78 is 38.5. The van der Waals surface area contributed by atoms with Gasteiger partial charge in [-0.05, 0) is 43.2 Å². The minimum absolute atomic E-state index is 0.00593. The van der Waals surface area contributed by atoms with Crippen molar-refractivity contribution in [1.29, 1.82) is 0 Å². The molecule has 0 saturated heterocycles. The predicted octanol–water partition coefficient (Wildman–Crippen LogP) is 3.79. The molecule has 2 unspecified atom stereocenters. The van der Waals surface area contributed by atoms with Crippen molar-refractivity contribution in [2.24, 2.45) is 0 Å². The maximum Gasteiger partial charge on any atom is 0.232 e. The summed E-state index contributed by atoms with van der Waals surface area (Å²) in [4.78, 5) is 0. The number of benzene rings is 3. The van der Waals surface area contributed by atoms with Gasteiger partial charge >= 0.3 is 0 Å². The van der Waals surface area contributed by atoms with Crippen LogP contribution in [0.2, 0.25) is 0 Å². The molecule has 0 spiro atoms. The van der Waals surface area contributed by atoms with Crippen molar-refractivity contribution in [3.63, 3.8) is 0 Å². The molecule has 0 saturated carbocycles. The molecule has 0 heterocycles. The van der Waals surface area contributed by atoms with Crippen molar-refractivity contribution >= 4 is 21.4 Å². The molecule has 0 aliphatic heterocycles. The largest absolute Gasteiger partial charge is 0.505 e. The zero-order valence-electron chi connectivity index (χ0n) is 19.6. The smallest absolute Gasteiger partial charge is 0.232 e. The van der Waals surface area contributed by atoms with Gasteiger partial charge in [-0.2, -0.15) is 0 Å². The quantitative estimate of drug-likeness (QED) is 0.393. The molecule has 3 aromatic carbocycles. The van der Waals surface area contributed by atoms with Gasteiger partial charge in [0.15, 0.2) is 0 Å². The minimum Gasteiger partial charge on any atom is -0.505 e.